The fraction of sp³-hybridized carbons (Fsp3) is 0.444. The zero-order chi connectivity index (χ0) is 18.1. The molecule has 1 saturated heterocycles. The molecule has 1 aliphatic carbocycles. The lowest BCUT2D eigenvalue weighted by molar-refractivity contribution is -0.126. The molecule has 0 unspecified atom stereocenters. The van der Waals surface area contributed by atoms with Crippen LogP contribution in [-0.2, 0) is 9.59 Å². The number of fused-ring (bicyclic) bond motifs is 1. The van der Waals surface area contributed by atoms with E-state index in [9.17, 15) is 14.4 Å². The zero-order valence-electron chi connectivity index (χ0n) is 14.2. The van der Waals surface area contributed by atoms with Crippen molar-refractivity contribution >= 4 is 28.6 Å². The number of pyridine rings is 1. The molecule has 4 N–H and O–H groups in total. The highest BCUT2D eigenvalue weighted by molar-refractivity contribution is 5.98. The molecular formula is C18H21N5O3. The maximum Gasteiger partial charge on any atom is 0.267 e. The van der Waals surface area contributed by atoms with Crippen LogP contribution in [0.25, 0.3) is 10.9 Å². The maximum atomic E-state index is 12.3. The van der Waals surface area contributed by atoms with Crippen LogP contribution in [0, 0.1) is 5.92 Å². The minimum atomic E-state index is -0.394. The minimum absolute atomic E-state index is 0.0654. The van der Waals surface area contributed by atoms with Gasteiger partial charge in [0.2, 0.25) is 11.8 Å². The highest BCUT2D eigenvalue weighted by Crippen LogP contribution is 2.27. The number of amides is 3. The molecule has 1 aliphatic heterocycles. The number of rotatable bonds is 5. The van der Waals surface area contributed by atoms with Crippen molar-refractivity contribution in [2.45, 2.75) is 37.8 Å². The first-order valence-corrected chi connectivity index (χ1v) is 8.89. The monoisotopic (exact) mass is 355 g/mol. The van der Waals surface area contributed by atoms with Crippen molar-refractivity contribution in [1.29, 1.82) is 0 Å². The molecule has 3 heterocycles. The average molecular weight is 355 g/mol. The van der Waals surface area contributed by atoms with Crippen LogP contribution in [0.5, 0.6) is 0 Å². The number of carbonyl (C=O) groups excluding carboxylic acids is 3. The van der Waals surface area contributed by atoms with Gasteiger partial charge in [-0.1, -0.05) is 0 Å². The number of aromatic amines is 1. The van der Waals surface area contributed by atoms with Gasteiger partial charge in [0.15, 0.2) is 0 Å². The molecule has 4 rings (SSSR count). The van der Waals surface area contributed by atoms with Crippen LogP contribution < -0.4 is 16.0 Å². The van der Waals surface area contributed by atoms with Crippen LogP contribution in [0.2, 0.25) is 0 Å². The van der Waals surface area contributed by atoms with Gasteiger partial charge in [0.25, 0.3) is 5.91 Å². The van der Waals surface area contributed by atoms with Gasteiger partial charge in [0.05, 0.1) is 11.7 Å². The molecule has 26 heavy (non-hydrogen) atoms. The normalized spacial score (nSPS) is 24.8. The molecule has 1 atom stereocenters. The lowest BCUT2D eigenvalue weighted by Gasteiger charge is -2.36. The van der Waals surface area contributed by atoms with Gasteiger partial charge in [-0.25, -0.2) is 0 Å². The molecule has 8 nitrogen and oxygen atoms in total. The number of H-pyrrole nitrogens is 1. The highest BCUT2D eigenvalue weighted by atomic mass is 16.2. The van der Waals surface area contributed by atoms with E-state index in [1.54, 1.807) is 12.4 Å². The molecule has 0 spiro atoms. The molecule has 0 radical (unpaired) electrons. The summed E-state index contributed by atoms with van der Waals surface area (Å²) in [6.45, 7) is 0.579. The van der Waals surface area contributed by atoms with Crippen LogP contribution >= 0.6 is 0 Å². The molecule has 3 amide bonds. The number of carbonyl (C=O) groups is 3. The van der Waals surface area contributed by atoms with Crippen molar-refractivity contribution in [2.75, 3.05) is 6.54 Å². The molecular weight excluding hydrogens is 334 g/mol. The molecule has 0 bridgehead atoms. The second-order valence-electron chi connectivity index (χ2n) is 7.06. The summed E-state index contributed by atoms with van der Waals surface area (Å²) in [7, 11) is 0. The van der Waals surface area contributed by atoms with Gasteiger partial charge >= 0.3 is 0 Å². The van der Waals surface area contributed by atoms with Crippen molar-refractivity contribution in [3.8, 4) is 0 Å². The quantitative estimate of drug-likeness (QED) is 0.624. The first-order valence-electron chi connectivity index (χ1n) is 8.89. The van der Waals surface area contributed by atoms with Crippen LogP contribution in [0.15, 0.2) is 24.5 Å². The Morgan fingerprint density at radius 1 is 1.31 bits per heavy atom. The largest absolute Gasteiger partial charge is 0.354 e. The van der Waals surface area contributed by atoms with E-state index in [4.69, 9.17) is 0 Å². The standard InChI is InChI=1S/C18H21N5O3/c24-16-2-1-13(23-16)17(25)20-8-10-5-12(6-10)21-18(26)14-7-11-3-4-19-9-15(11)22-14/h3-4,7,9-10,12-13,22H,1-2,5-6,8H2,(H,20,25)(H,21,26)(H,23,24)/t10?,12?,13-/m1/s1. The number of nitrogens with one attached hydrogen (secondary N) is 4. The van der Waals surface area contributed by atoms with E-state index >= 15 is 0 Å². The van der Waals surface area contributed by atoms with E-state index in [1.165, 1.54) is 0 Å². The summed E-state index contributed by atoms with van der Waals surface area (Å²) < 4.78 is 0. The number of aromatic nitrogens is 2. The summed E-state index contributed by atoms with van der Waals surface area (Å²) in [5.74, 6) is 0.0509. The first-order chi connectivity index (χ1) is 12.6. The highest BCUT2D eigenvalue weighted by Gasteiger charge is 2.32. The molecule has 2 aromatic rings. The fourth-order valence-electron chi connectivity index (χ4n) is 3.56. The Balaban J connectivity index is 1.20. The third-order valence-electron chi connectivity index (χ3n) is 5.12. The van der Waals surface area contributed by atoms with E-state index in [0.29, 0.717) is 31.0 Å². The van der Waals surface area contributed by atoms with Crippen molar-refractivity contribution < 1.29 is 14.4 Å². The van der Waals surface area contributed by atoms with Gasteiger partial charge in [0, 0.05) is 30.6 Å². The Morgan fingerprint density at radius 3 is 2.88 bits per heavy atom. The molecule has 2 fully saturated rings. The summed E-state index contributed by atoms with van der Waals surface area (Å²) in [6, 6.07) is 3.41. The second-order valence-corrected chi connectivity index (χ2v) is 7.06. The van der Waals surface area contributed by atoms with E-state index in [2.05, 4.69) is 25.9 Å². The van der Waals surface area contributed by atoms with Crippen LogP contribution in [-0.4, -0.2) is 46.3 Å². The van der Waals surface area contributed by atoms with Crippen molar-refractivity contribution in [2.24, 2.45) is 5.92 Å². The zero-order valence-corrected chi connectivity index (χ0v) is 14.2. The summed E-state index contributed by atoms with van der Waals surface area (Å²) >= 11 is 0. The van der Waals surface area contributed by atoms with Crippen molar-refractivity contribution in [3.63, 3.8) is 0 Å². The smallest absolute Gasteiger partial charge is 0.267 e. The molecule has 0 aromatic carbocycles. The maximum absolute atomic E-state index is 12.3. The molecule has 2 aromatic heterocycles. The van der Waals surface area contributed by atoms with Gasteiger partial charge in [0.1, 0.15) is 11.7 Å². The average Bonchev–Trinajstić information content (AvgIpc) is 3.22. The van der Waals surface area contributed by atoms with E-state index < -0.39 is 6.04 Å². The van der Waals surface area contributed by atoms with Crippen molar-refractivity contribution in [1.82, 2.24) is 25.9 Å². The molecule has 1 saturated carbocycles. The Bertz CT molecular complexity index is 822. The van der Waals surface area contributed by atoms with E-state index in [1.807, 2.05) is 12.1 Å². The summed E-state index contributed by atoms with van der Waals surface area (Å²) in [5.41, 5.74) is 1.37. The second kappa shape index (κ2) is 6.78. The molecule has 136 valence electrons. The van der Waals surface area contributed by atoms with E-state index in [0.717, 1.165) is 23.7 Å². The van der Waals surface area contributed by atoms with Gasteiger partial charge in [-0.05, 0) is 37.3 Å². The van der Waals surface area contributed by atoms with Crippen LogP contribution in [0.4, 0.5) is 0 Å². The molecule has 8 heteroatoms. The Morgan fingerprint density at radius 2 is 2.15 bits per heavy atom. The lowest BCUT2D eigenvalue weighted by atomic mass is 9.80. The first kappa shape index (κ1) is 16.6. The topological polar surface area (TPSA) is 116 Å². The summed E-state index contributed by atoms with van der Waals surface area (Å²) in [4.78, 5) is 42.5. The predicted molar refractivity (Wildman–Crippen MR) is 94.2 cm³/mol. The Labute approximate surface area is 150 Å². The van der Waals surface area contributed by atoms with Gasteiger partial charge < -0.3 is 20.9 Å². The van der Waals surface area contributed by atoms with Crippen LogP contribution in [0.1, 0.15) is 36.2 Å². The van der Waals surface area contributed by atoms with E-state index in [-0.39, 0.29) is 23.8 Å². The Kier molecular flexibility index (Phi) is 4.32. The fourth-order valence-corrected chi connectivity index (χ4v) is 3.56. The number of nitrogens with zero attached hydrogens (tertiary/aromatic N) is 1. The third kappa shape index (κ3) is 3.40. The third-order valence-corrected chi connectivity index (χ3v) is 5.12. The molecule has 2 aliphatic rings. The SMILES string of the molecule is O=C1CC[C@H](C(=O)NCC2CC(NC(=O)c3cc4ccncc4[nH]3)C2)N1. The summed E-state index contributed by atoms with van der Waals surface area (Å²) in [5, 5.41) is 9.52. The Hall–Kier alpha value is -2.90. The van der Waals surface area contributed by atoms with Crippen molar-refractivity contribution in [3.05, 3.63) is 30.2 Å². The van der Waals surface area contributed by atoms with Gasteiger partial charge in [-0.3, -0.25) is 19.4 Å². The lowest BCUT2D eigenvalue weighted by Crippen LogP contribution is -2.49. The number of hydrogen-bond acceptors (Lipinski definition) is 4. The minimum Gasteiger partial charge on any atom is -0.354 e. The summed E-state index contributed by atoms with van der Waals surface area (Å²) in [6.07, 6.45) is 6.05. The van der Waals surface area contributed by atoms with Gasteiger partial charge in [-0.2, -0.15) is 0 Å². The van der Waals surface area contributed by atoms with Gasteiger partial charge in [-0.15, -0.1) is 0 Å². The predicted octanol–water partition coefficient (Wildman–Crippen LogP) is 0.466. The number of hydrogen-bond donors (Lipinski definition) is 4. The van der Waals surface area contributed by atoms with Crippen LogP contribution in [0.3, 0.4) is 0 Å².